The molecule has 2 aliphatic heterocycles. The summed E-state index contributed by atoms with van der Waals surface area (Å²) in [6, 6.07) is 7.11. The zero-order valence-corrected chi connectivity index (χ0v) is 17.3. The van der Waals surface area contributed by atoms with Crippen LogP contribution in [0, 0.1) is 0 Å². The lowest BCUT2D eigenvalue weighted by molar-refractivity contribution is -0.136. The molecule has 0 atom stereocenters. The van der Waals surface area contributed by atoms with Crippen molar-refractivity contribution in [2.75, 3.05) is 39.4 Å². The van der Waals surface area contributed by atoms with Gasteiger partial charge in [0.05, 0.1) is 23.7 Å². The van der Waals surface area contributed by atoms with E-state index in [1.54, 1.807) is 24.3 Å². The second-order valence-corrected chi connectivity index (χ2v) is 8.97. The summed E-state index contributed by atoms with van der Waals surface area (Å²) in [5, 5.41) is 0.823. The van der Waals surface area contributed by atoms with Gasteiger partial charge in [0.15, 0.2) is 0 Å². The molecule has 0 unspecified atom stereocenters. The molecule has 1 fully saturated rings. The lowest BCUT2D eigenvalue weighted by Crippen LogP contribution is -2.39. The van der Waals surface area contributed by atoms with Gasteiger partial charge in [-0.15, -0.1) is 11.8 Å². The van der Waals surface area contributed by atoms with Crippen LogP contribution in [-0.2, 0) is 14.3 Å². The molecule has 2 amide bonds. The molecular weight excluding hydrogens is 384 g/mol. The highest BCUT2D eigenvalue weighted by molar-refractivity contribution is 8.04. The monoisotopic (exact) mass is 408 g/mol. The quantitative estimate of drug-likeness (QED) is 0.648. The first-order chi connectivity index (χ1) is 13.0. The standard InChI is InChI=1S/C20H25ClN2O3S/c1-14(2)27-18-17(15-4-6-16(21)7-5-15)19(24)23(20(18)25)9-3-8-22-10-12-26-13-11-22/h4-7,14H,3,8-13H2,1-2H3. The van der Waals surface area contributed by atoms with E-state index in [1.807, 2.05) is 13.8 Å². The Kier molecular flexibility index (Phi) is 6.98. The molecule has 1 saturated heterocycles. The molecule has 0 radical (unpaired) electrons. The minimum atomic E-state index is -0.201. The van der Waals surface area contributed by atoms with E-state index < -0.39 is 0 Å². The highest BCUT2D eigenvalue weighted by Crippen LogP contribution is 2.38. The molecule has 0 saturated carbocycles. The number of thioether (sulfide) groups is 1. The van der Waals surface area contributed by atoms with Crippen molar-refractivity contribution in [1.82, 2.24) is 9.80 Å². The van der Waals surface area contributed by atoms with E-state index in [0.29, 0.717) is 22.0 Å². The van der Waals surface area contributed by atoms with Crippen LogP contribution >= 0.6 is 23.4 Å². The van der Waals surface area contributed by atoms with Gasteiger partial charge in [-0.05, 0) is 24.1 Å². The van der Waals surface area contributed by atoms with Gasteiger partial charge in [0.2, 0.25) is 0 Å². The number of benzene rings is 1. The number of ether oxygens (including phenoxy) is 1. The summed E-state index contributed by atoms with van der Waals surface area (Å²) in [5.74, 6) is -0.377. The zero-order valence-electron chi connectivity index (χ0n) is 15.7. The first kappa shape index (κ1) is 20.4. The van der Waals surface area contributed by atoms with E-state index in [0.717, 1.165) is 44.8 Å². The van der Waals surface area contributed by atoms with E-state index in [-0.39, 0.29) is 17.1 Å². The number of halogens is 1. The summed E-state index contributed by atoms with van der Waals surface area (Å²) in [7, 11) is 0. The average Bonchev–Trinajstić information content (AvgIpc) is 2.87. The van der Waals surface area contributed by atoms with Gasteiger partial charge in [-0.2, -0.15) is 0 Å². The Bertz CT molecular complexity index is 727. The van der Waals surface area contributed by atoms with Crippen molar-refractivity contribution in [2.45, 2.75) is 25.5 Å². The van der Waals surface area contributed by atoms with E-state index in [9.17, 15) is 9.59 Å². The molecule has 1 aromatic rings. The van der Waals surface area contributed by atoms with Gasteiger partial charge in [0.25, 0.3) is 11.8 Å². The minimum absolute atomic E-state index is 0.175. The van der Waals surface area contributed by atoms with Gasteiger partial charge in [-0.1, -0.05) is 37.6 Å². The number of amides is 2. The number of rotatable bonds is 7. The van der Waals surface area contributed by atoms with Crippen LogP contribution in [0.2, 0.25) is 5.02 Å². The average molecular weight is 409 g/mol. The fraction of sp³-hybridized carbons (Fsp3) is 0.500. The van der Waals surface area contributed by atoms with Crippen LogP contribution < -0.4 is 0 Å². The number of imide groups is 1. The lowest BCUT2D eigenvalue weighted by Gasteiger charge is -2.27. The number of nitrogens with zero attached hydrogens (tertiary/aromatic N) is 2. The molecular formula is C20H25ClN2O3S. The third-order valence-electron chi connectivity index (χ3n) is 4.57. The van der Waals surface area contributed by atoms with Crippen molar-refractivity contribution in [3.05, 3.63) is 39.8 Å². The number of carbonyl (C=O) groups excluding carboxylic acids is 2. The molecule has 7 heteroatoms. The Hall–Kier alpha value is -1.34. The lowest BCUT2D eigenvalue weighted by atomic mass is 10.1. The maximum Gasteiger partial charge on any atom is 0.267 e. The van der Waals surface area contributed by atoms with Crippen molar-refractivity contribution in [1.29, 1.82) is 0 Å². The Morgan fingerprint density at radius 3 is 2.37 bits per heavy atom. The highest BCUT2D eigenvalue weighted by Gasteiger charge is 2.39. The number of hydrogen-bond donors (Lipinski definition) is 0. The van der Waals surface area contributed by atoms with Crippen LogP contribution in [0.25, 0.3) is 5.57 Å². The first-order valence-electron chi connectivity index (χ1n) is 9.30. The molecule has 2 heterocycles. The van der Waals surface area contributed by atoms with Gasteiger partial charge in [-0.3, -0.25) is 19.4 Å². The SMILES string of the molecule is CC(C)SC1=C(c2ccc(Cl)cc2)C(=O)N(CCCN2CCOCC2)C1=O. The summed E-state index contributed by atoms with van der Waals surface area (Å²) in [6.45, 7) is 8.66. The van der Waals surface area contributed by atoms with Gasteiger partial charge in [0.1, 0.15) is 0 Å². The largest absolute Gasteiger partial charge is 0.379 e. The highest BCUT2D eigenvalue weighted by atomic mass is 35.5. The molecule has 0 N–H and O–H groups in total. The zero-order chi connectivity index (χ0) is 19.4. The number of carbonyl (C=O) groups is 2. The predicted octanol–water partition coefficient (Wildman–Crippen LogP) is 3.28. The Labute approximate surface area is 169 Å². The van der Waals surface area contributed by atoms with Crippen LogP contribution in [0.15, 0.2) is 29.2 Å². The van der Waals surface area contributed by atoms with Crippen LogP contribution in [0.1, 0.15) is 25.8 Å². The van der Waals surface area contributed by atoms with E-state index >= 15 is 0 Å². The van der Waals surface area contributed by atoms with Crippen LogP contribution in [0.5, 0.6) is 0 Å². The number of hydrogen-bond acceptors (Lipinski definition) is 5. The van der Waals surface area contributed by atoms with Crippen molar-refractivity contribution in [3.63, 3.8) is 0 Å². The van der Waals surface area contributed by atoms with E-state index in [2.05, 4.69) is 4.90 Å². The summed E-state index contributed by atoms with van der Waals surface area (Å²) in [6.07, 6.45) is 0.769. The van der Waals surface area contributed by atoms with E-state index in [1.165, 1.54) is 16.7 Å². The molecule has 2 aliphatic rings. The van der Waals surface area contributed by atoms with Gasteiger partial charge < -0.3 is 4.74 Å². The summed E-state index contributed by atoms with van der Waals surface area (Å²) in [5.41, 5.74) is 1.25. The topological polar surface area (TPSA) is 49.9 Å². The summed E-state index contributed by atoms with van der Waals surface area (Å²) in [4.78, 5) is 30.2. The molecule has 27 heavy (non-hydrogen) atoms. The third kappa shape index (κ3) is 4.93. The van der Waals surface area contributed by atoms with Crippen molar-refractivity contribution < 1.29 is 14.3 Å². The van der Waals surface area contributed by atoms with Gasteiger partial charge >= 0.3 is 0 Å². The molecule has 1 aromatic carbocycles. The fourth-order valence-electron chi connectivity index (χ4n) is 3.25. The smallest absolute Gasteiger partial charge is 0.267 e. The predicted molar refractivity (Wildman–Crippen MR) is 110 cm³/mol. The first-order valence-corrected chi connectivity index (χ1v) is 10.6. The van der Waals surface area contributed by atoms with Crippen molar-refractivity contribution in [3.8, 4) is 0 Å². The molecule has 3 rings (SSSR count). The molecule has 5 nitrogen and oxygen atoms in total. The van der Waals surface area contributed by atoms with Gasteiger partial charge in [0, 0.05) is 36.5 Å². The van der Waals surface area contributed by atoms with Crippen LogP contribution in [0.3, 0.4) is 0 Å². The second kappa shape index (κ2) is 9.24. The molecule has 0 spiro atoms. The molecule has 146 valence electrons. The molecule has 0 aliphatic carbocycles. The van der Waals surface area contributed by atoms with Crippen molar-refractivity contribution >= 4 is 40.8 Å². The Morgan fingerprint density at radius 1 is 1.07 bits per heavy atom. The normalized spacial score (nSPS) is 18.9. The summed E-state index contributed by atoms with van der Waals surface area (Å²) >= 11 is 7.43. The van der Waals surface area contributed by atoms with Crippen molar-refractivity contribution in [2.24, 2.45) is 0 Å². The second-order valence-electron chi connectivity index (χ2n) is 6.95. The minimum Gasteiger partial charge on any atom is -0.379 e. The summed E-state index contributed by atoms with van der Waals surface area (Å²) < 4.78 is 5.36. The third-order valence-corrected chi connectivity index (χ3v) is 5.91. The molecule has 0 aromatic heterocycles. The Balaban J connectivity index is 1.73. The fourth-order valence-corrected chi connectivity index (χ4v) is 4.38. The Morgan fingerprint density at radius 2 is 1.74 bits per heavy atom. The maximum absolute atomic E-state index is 13.0. The van der Waals surface area contributed by atoms with Crippen LogP contribution in [-0.4, -0.2) is 66.3 Å². The maximum atomic E-state index is 13.0. The van der Waals surface area contributed by atoms with E-state index in [4.69, 9.17) is 16.3 Å². The van der Waals surface area contributed by atoms with Gasteiger partial charge in [-0.25, -0.2) is 0 Å². The molecule has 0 bridgehead atoms. The number of morpholine rings is 1. The van der Waals surface area contributed by atoms with Crippen LogP contribution in [0.4, 0.5) is 0 Å².